The van der Waals surface area contributed by atoms with Crippen molar-refractivity contribution in [1.82, 2.24) is 25.4 Å². The maximum Gasteiger partial charge on any atom is 0.319 e. The van der Waals surface area contributed by atoms with Crippen LogP contribution < -0.4 is 27.0 Å². The van der Waals surface area contributed by atoms with Gasteiger partial charge in [-0.1, -0.05) is 17.7 Å². The molecular formula is C28H39ClN8O5. The second-order valence-corrected chi connectivity index (χ2v) is 9.81. The third-order valence-electron chi connectivity index (χ3n) is 6.39. The number of benzene rings is 1. The molecule has 1 aliphatic rings. The highest BCUT2D eigenvalue weighted by Crippen LogP contribution is 2.27. The Hall–Kier alpha value is -4.23. The average Bonchev–Trinajstić information content (AvgIpc) is 3.52. The van der Waals surface area contributed by atoms with Crippen LogP contribution in [0.15, 0.2) is 36.4 Å². The van der Waals surface area contributed by atoms with Gasteiger partial charge in [-0.25, -0.2) is 9.78 Å². The first-order valence-corrected chi connectivity index (χ1v) is 13.8. The number of pyridine rings is 1. The Labute approximate surface area is 249 Å². The fourth-order valence-corrected chi connectivity index (χ4v) is 4.66. The molecule has 6 N–H and O–H groups in total. The third kappa shape index (κ3) is 11.3. The van der Waals surface area contributed by atoms with Crippen LogP contribution in [0.25, 0.3) is 10.9 Å². The fourth-order valence-electron chi connectivity index (χ4n) is 4.49. The Bertz CT molecular complexity index is 1320. The van der Waals surface area contributed by atoms with Crippen molar-refractivity contribution in [2.75, 3.05) is 37.9 Å². The van der Waals surface area contributed by atoms with Crippen LogP contribution in [0.5, 0.6) is 0 Å². The van der Waals surface area contributed by atoms with Crippen molar-refractivity contribution < 1.29 is 23.9 Å². The van der Waals surface area contributed by atoms with E-state index in [0.717, 1.165) is 48.0 Å². The Morgan fingerprint density at radius 3 is 2.62 bits per heavy atom. The second kappa shape index (κ2) is 18.3. The molecule has 2 unspecified atom stereocenters. The summed E-state index contributed by atoms with van der Waals surface area (Å²) in [6.45, 7) is 2.87. The van der Waals surface area contributed by atoms with Crippen molar-refractivity contribution in [3.63, 3.8) is 0 Å². The molecule has 2 heterocycles. The number of nitrogens with two attached hydrogens (primary N) is 1. The number of nitrogens with one attached hydrogen (secondary N) is 4. The number of methoxy groups -OCH3 is 1. The summed E-state index contributed by atoms with van der Waals surface area (Å²) in [6, 6.07) is 10.7. The minimum atomic E-state index is -0.305. The summed E-state index contributed by atoms with van der Waals surface area (Å²) >= 11 is 5.57. The molecule has 1 fully saturated rings. The summed E-state index contributed by atoms with van der Waals surface area (Å²) < 4.78 is 6.59. The van der Waals surface area contributed by atoms with Gasteiger partial charge in [0.15, 0.2) is 0 Å². The minimum Gasteiger partial charge on any atom is -0.383 e. The van der Waals surface area contributed by atoms with Crippen molar-refractivity contribution in [1.29, 1.82) is 0 Å². The highest BCUT2D eigenvalue weighted by Gasteiger charge is 2.25. The summed E-state index contributed by atoms with van der Waals surface area (Å²) in [5.41, 5.74) is 6.43. The predicted molar refractivity (Wildman–Crippen MR) is 162 cm³/mol. The predicted octanol–water partition coefficient (Wildman–Crippen LogP) is 2.86. The van der Waals surface area contributed by atoms with E-state index in [9.17, 15) is 14.4 Å². The molecule has 1 saturated carbocycles. The van der Waals surface area contributed by atoms with Crippen LogP contribution in [0.4, 0.5) is 16.3 Å². The zero-order valence-electron chi connectivity index (χ0n) is 24.1. The normalized spacial score (nSPS) is 15.3. The van der Waals surface area contributed by atoms with Gasteiger partial charge in [-0.3, -0.25) is 14.3 Å². The van der Waals surface area contributed by atoms with E-state index in [1.807, 2.05) is 31.2 Å². The number of anilines is 2. The van der Waals surface area contributed by atoms with Crippen molar-refractivity contribution in [3.05, 3.63) is 47.2 Å². The van der Waals surface area contributed by atoms with E-state index < -0.39 is 0 Å². The highest BCUT2D eigenvalue weighted by molar-refractivity contribution is 6.29. The quantitative estimate of drug-likeness (QED) is 0.133. The number of carbonyl (C=O) groups is 4. The van der Waals surface area contributed by atoms with Crippen LogP contribution in [-0.4, -0.2) is 72.7 Å². The topological polar surface area (TPSA) is 182 Å². The minimum absolute atomic E-state index is 0.0872. The molecule has 13 nitrogen and oxygen atoms in total. The number of carbonyl (C=O) groups excluding carboxylic acids is 4. The third-order valence-corrected chi connectivity index (χ3v) is 6.60. The van der Waals surface area contributed by atoms with E-state index in [-0.39, 0.29) is 30.9 Å². The van der Waals surface area contributed by atoms with Gasteiger partial charge in [-0.2, -0.15) is 5.10 Å². The van der Waals surface area contributed by atoms with Gasteiger partial charge in [-0.05, 0) is 62.4 Å². The number of hydrogen-bond donors (Lipinski definition) is 5. The molecule has 42 heavy (non-hydrogen) atoms. The molecule has 0 saturated heterocycles. The monoisotopic (exact) mass is 602 g/mol. The SMILES string of the molecule is CNc1cccc(Cl)n1.COCCNC(=O)Nc1ccc2c(c1)c(C)nn2CC(=O)NC1CCC(CC=O)C1.NC=O. The van der Waals surface area contributed by atoms with Crippen molar-refractivity contribution in [2.24, 2.45) is 11.7 Å². The van der Waals surface area contributed by atoms with Crippen LogP contribution in [0.2, 0.25) is 5.15 Å². The number of primary amides is 1. The Kier molecular flexibility index (Phi) is 14.8. The van der Waals surface area contributed by atoms with Gasteiger partial charge < -0.3 is 36.5 Å². The molecule has 3 aromatic rings. The molecule has 228 valence electrons. The molecule has 14 heteroatoms. The second-order valence-electron chi connectivity index (χ2n) is 9.43. The van der Waals surface area contributed by atoms with E-state index in [2.05, 4.69) is 37.1 Å². The molecule has 0 bridgehead atoms. The highest BCUT2D eigenvalue weighted by atomic mass is 35.5. The van der Waals surface area contributed by atoms with E-state index >= 15 is 0 Å². The molecule has 0 aliphatic heterocycles. The smallest absolute Gasteiger partial charge is 0.319 e. The zero-order chi connectivity index (χ0) is 30.9. The number of rotatable bonds is 10. The standard InChI is InChI=1S/C21H29N5O4.C6H7ClN2.CH3NO/c1-14-18-12-17(24-21(29)22-8-10-30-2)5-6-19(18)26(25-14)13-20(28)23-16-4-3-15(11-16)7-9-27;1-8-6-4-2-3-5(7)9-6;2-1-3/h5-6,9,12,15-16H,3-4,7-8,10-11,13H2,1-2H3,(H,23,28)(H2,22,24,29);2-4H,1H3,(H,8,9);1H,(H2,2,3). The number of nitrogens with zero attached hydrogens (tertiary/aromatic N) is 3. The van der Waals surface area contributed by atoms with Crippen LogP contribution in [-0.2, 0) is 25.7 Å². The molecular weight excluding hydrogens is 564 g/mol. The Morgan fingerprint density at radius 2 is 1.98 bits per heavy atom. The summed E-state index contributed by atoms with van der Waals surface area (Å²) in [5.74, 6) is 1.08. The van der Waals surface area contributed by atoms with Gasteiger partial charge >= 0.3 is 6.03 Å². The van der Waals surface area contributed by atoms with Crippen molar-refractivity contribution in [3.8, 4) is 0 Å². The fraction of sp³-hybridized carbons (Fsp3) is 0.429. The summed E-state index contributed by atoms with van der Waals surface area (Å²) in [4.78, 5) is 47.6. The Morgan fingerprint density at radius 1 is 1.21 bits per heavy atom. The lowest BCUT2D eigenvalue weighted by molar-refractivity contribution is -0.122. The Balaban J connectivity index is 0.000000429. The van der Waals surface area contributed by atoms with E-state index in [0.29, 0.717) is 36.3 Å². The molecule has 4 rings (SSSR count). The first-order chi connectivity index (χ1) is 20.2. The number of fused-ring (bicyclic) bond motifs is 1. The number of urea groups is 1. The number of hydrogen-bond acceptors (Lipinski definition) is 8. The number of ether oxygens (including phenoxy) is 1. The lowest BCUT2D eigenvalue weighted by Gasteiger charge is -2.13. The van der Waals surface area contributed by atoms with E-state index in [1.165, 1.54) is 0 Å². The first-order valence-electron chi connectivity index (χ1n) is 13.4. The average molecular weight is 603 g/mol. The molecule has 0 spiro atoms. The van der Waals surface area contributed by atoms with E-state index in [4.69, 9.17) is 21.1 Å². The van der Waals surface area contributed by atoms with Gasteiger partial charge in [0.05, 0.1) is 17.8 Å². The van der Waals surface area contributed by atoms with Crippen LogP contribution in [0.1, 0.15) is 31.4 Å². The summed E-state index contributed by atoms with van der Waals surface area (Å²) in [6.07, 6.45) is 4.51. The molecule has 1 aromatic carbocycles. The largest absolute Gasteiger partial charge is 0.383 e. The molecule has 2 atom stereocenters. The molecule has 1 aliphatic carbocycles. The zero-order valence-corrected chi connectivity index (χ0v) is 24.8. The van der Waals surface area contributed by atoms with Crippen LogP contribution in [0, 0.1) is 12.8 Å². The molecule has 4 amide bonds. The van der Waals surface area contributed by atoms with Gasteiger partial charge in [0, 0.05) is 44.2 Å². The molecule has 0 radical (unpaired) electrons. The summed E-state index contributed by atoms with van der Waals surface area (Å²) in [7, 11) is 3.38. The number of amides is 4. The van der Waals surface area contributed by atoms with Crippen molar-refractivity contribution in [2.45, 2.75) is 45.2 Å². The maximum atomic E-state index is 12.5. The molecule has 2 aromatic heterocycles. The number of aldehydes is 1. The first kappa shape index (κ1) is 34.0. The van der Waals surface area contributed by atoms with Gasteiger partial charge in [0.25, 0.3) is 0 Å². The van der Waals surface area contributed by atoms with Crippen LogP contribution in [0.3, 0.4) is 0 Å². The maximum absolute atomic E-state index is 12.5. The number of aryl methyl sites for hydroxylation is 1. The lowest BCUT2D eigenvalue weighted by Crippen LogP contribution is -2.35. The van der Waals surface area contributed by atoms with Gasteiger partial charge in [0.1, 0.15) is 23.8 Å². The van der Waals surface area contributed by atoms with E-state index in [1.54, 1.807) is 31.0 Å². The van der Waals surface area contributed by atoms with Crippen molar-refractivity contribution >= 4 is 58.6 Å². The summed E-state index contributed by atoms with van der Waals surface area (Å²) in [5, 5.41) is 17.3. The van der Waals surface area contributed by atoms with Crippen LogP contribution >= 0.6 is 11.6 Å². The van der Waals surface area contributed by atoms with Gasteiger partial charge in [-0.15, -0.1) is 0 Å². The van der Waals surface area contributed by atoms with Gasteiger partial charge in [0.2, 0.25) is 12.3 Å². The lowest BCUT2D eigenvalue weighted by atomic mass is 10.1. The number of halogens is 1. The number of aromatic nitrogens is 3.